The average molecular weight is 463 g/mol. The molecule has 1 N–H and O–H groups in total. The minimum atomic E-state index is -0.669. The average Bonchev–Trinajstić information content (AvgIpc) is 3.05. The van der Waals surface area contributed by atoms with E-state index < -0.39 is 17.1 Å². The van der Waals surface area contributed by atoms with Crippen LogP contribution in [-0.2, 0) is 19.1 Å². The molecule has 1 saturated heterocycles. The number of amides is 3. The number of esters is 1. The van der Waals surface area contributed by atoms with Crippen LogP contribution < -0.4 is 15.0 Å². The van der Waals surface area contributed by atoms with Crippen molar-refractivity contribution in [3.63, 3.8) is 0 Å². The van der Waals surface area contributed by atoms with Crippen molar-refractivity contribution >= 4 is 58.4 Å². The molecule has 8 nitrogen and oxygen atoms in total. The maximum absolute atomic E-state index is 12.7. The lowest BCUT2D eigenvalue weighted by Gasteiger charge is -2.15. The molecule has 0 radical (unpaired) electrons. The van der Waals surface area contributed by atoms with E-state index in [-0.39, 0.29) is 24.0 Å². The van der Waals surface area contributed by atoms with Gasteiger partial charge < -0.3 is 14.8 Å². The summed E-state index contributed by atoms with van der Waals surface area (Å²) >= 11 is 7.13. The van der Waals surface area contributed by atoms with Gasteiger partial charge in [0.2, 0.25) is 17.7 Å². The number of benzene rings is 2. The third-order valence-corrected chi connectivity index (χ3v) is 6.00. The zero-order chi connectivity index (χ0) is 22.5. The molecule has 31 heavy (non-hydrogen) atoms. The summed E-state index contributed by atoms with van der Waals surface area (Å²) in [6.45, 7) is 0. The summed E-state index contributed by atoms with van der Waals surface area (Å²) in [5.74, 6) is -1.13. The standard InChI is InChI=1S/C21H19ClN2O6S/c1-29-16-8-5-13(9-15(16)22)23-18(25)11-31-17-10-19(26)24(20(17)27)14-6-3-12(4-7-14)21(28)30-2/h3-9,17H,10-11H2,1-2H3,(H,23,25). The van der Waals surface area contributed by atoms with E-state index in [9.17, 15) is 19.2 Å². The lowest BCUT2D eigenvalue weighted by atomic mass is 10.2. The number of hydrogen-bond acceptors (Lipinski definition) is 7. The number of nitrogens with one attached hydrogen (secondary N) is 1. The van der Waals surface area contributed by atoms with E-state index >= 15 is 0 Å². The Labute approximate surface area is 187 Å². The second-order valence-electron chi connectivity index (χ2n) is 6.51. The van der Waals surface area contributed by atoms with Crippen molar-refractivity contribution in [3.8, 4) is 5.75 Å². The normalized spacial score (nSPS) is 15.7. The first-order valence-electron chi connectivity index (χ1n) is 9.14. The van der Waals surface area contributed by atoms with Crippen LogP contribution in [-0.4, -0.2) is 48.9 Å². The quantitative estimate of drug-likeness (QED) is 0.498. The smallest absolute Gasteiger partial charge is 0.337 e. The summed E-state index contributed by atoms with van der Waals surface area (Å²) in [6.07, 6.45) is -0.0100. The predicted octanol–water partition coefficient (Wildman–Crippen LogP) is 3.14. The molecule has 1 aliphatic heterocycles. The lowest BCUT2D eigenvalue weighted by Crippen LogP contribution is -2.31. The molecule has 3 amide bonds. The molecule has 0 aromatic heterocycles. The molecular formula is C21H19ClN2O6S. The molecule has 3 rings (SSSR count). The monoisotopic (exact) mass is 462 g/mol. The van der Waals surface area contributed by atoms with Crippen molar-refractivity contribution in [2.24, 2.45) is 0 Å². The van der Waals surface area contributed by atoms with Crippen LogP contribution in [0.2, 0.25) is 5.02 Å². The first-order valence-corrected chi connectivity index (χ1v) is 10.6. The molecule has 0 saturated carbocycles. The summed E-state index contributed by atoms with van der Waals surface area (Å²) in [4.78, 5) is 49.9. The first-order chi connectivity index (χ1) is 14.8. The van der Waals surface area contributed by atoms with Gasteiger partial charge in [-0.3, -0.25) is 14.4 Å². The highest BCUT2D eigenvalue weighted by molar-refractivity contribution is 8.01. The Bertz CT molecular complexity index is 1030. The number of methoxy groups -OCH3 is 2. The molecule has 0 aliphatic carbocycles. The molecule has 1 atom stereocenters. The van der Waals surface area contributed by atoms with Crippen LogP contribution in [0.25, 0.3) is 0 Å². The van der Waals surface area contributed by atoms with E-state index in [1.165, 1.54) is 38.5 Å². The summed E-state index contributed by atoms with van der Waals surface area (Å²) in [5.41, 5.74) is 1.17. The van der Waals surface area contributed by atoms with Gasteiger partial charge in [0.1, 0.15) is 5.75 Å². The predicted molar refractivity (Wildman–Crippen MR) is 118 cm³/mol. The number of halogens is 1. The first kappa shape index (κ1) is 22.6. The minimum absolute atomic E-state index is 0.0100. The van der Waals surface area contributed by atoms with Crippen LogP contribution in [0.15, 0.2) is 42.5 Å². The SMILES string of the molecule is COC(=O)c1ccc(N2C(=O)CC(SCC(=O)Nc3ccc(OC)c(Cl)c3)C2=O)cc1. The summed E-state index contributed by atoms with van der Waals surface area (Å²) in [7, 11) is 2.76. The van der Waals surface area contributed by atoms with E-state index in [2.05, 4.69) is 10.1 Å². The summed E-state index contributed by atoms with van der Waals surface area (Å²) in [5, 5.41) is 2.39. The van der Waals surface area contributed by atoms with Crippen LogP contribution in [0.4, 0.5) is 11.4 Å². The van der Waals surface area contributed by atoms with E-state index in [0.29, 0.717) is 27.7 Å². The number of nitrogens with zero attached hydrogens (tertiary/aromatic N) is 1. The molecule has 0 spiro atoms. The zero-order valence-electron chi connectivity index (χ0n) is 16.7. The molecule has 1 fully saturated rings. The van der Waals surface area contributed by atoms with Gasteiger partial charge in [-0.25, -0.2) is 9.69 Å². The van der Waals surface area contributed by atoms with Gasteiger partial charge in [0, 0.05) is 12.1 Å². The maximum atomic E-state index is 12.7. The fraction of sp³-hybridized carbons (Fsp3) is 0.238. The Hall–Kier alpha value is -3.04. The van der Waals surface area contributed by atoms with Crippen molar-refractivity contribution in [3.05, 3.63) is 53.1 Å². The van der Waals surface area contributed by atoms with Gasteiger partial charge in [-0.05, 0) is 42.5 Å². The van der Waals surface area contributed by atoms with Gasteiger partial charge in [0.25, 0.3) is 0 Å². The van der Waals surface area contributed by atoms with Crippen LogP contribution in [0.1, 0.15) is 16.8 Å². The Kier molecular flexibility index (Phi) is 7.19. The number of thioether (sulfide) groups is 1. The molecule has 2 aromatic rings. The van der Waals surface area contributed by atoms with Gasteiger partial charge in [0.15, 0.2) is 0 Å². The molecule has 1 unspecified atom stereocenters. The second-order valence-corrected chi connectivity index (χ2v) is 8.11. The Morgan fingerprint density at radius 1 is 1.16 bits per heavy atom. The number of anilines is 2. The van der Waals surface area contributed by atoms with Gasteiger partial charge in [-0.2, -0.15) is 0 Å². The highest BCUT2D eigenvalue weighted by Crippen LogP contribution is 2.31. The molecule has 0 bridgehead atoms. The van der Waals surface area contributed by atoms with E-state index in [1.807, 2.05) is 0 Å². The van der Waals surface area contributed by atoms with Crippen molar-refractivity contribution < 1.29 is 28.7 Å². The molecule has 2 aromatic carbocycles. The van der Waals surface area contributed by atoms with Gasteiger partial charge in [-0.15, -0.1) is 11.8 Å². The van der Waals surface area contributed by atoms with Crippen molar-refractivity contribution in [2.75, 3.05) is 30.2 Å². The number of carbonyl (C=O) groups excluding carboxylic acids is 4. The van der Waals surface area contributed by atoms with Gasteiger partial charge >= 0.3 is 5.97 Å². The molecule has 1 heterocycles. The van der Waals surface area contributed by atoms with Crippen LogP contribution in [0, 0.1) is 0 Å². The van der Waals surface area contributed by atoms with E-state index in [4.69, 9.17) is 16.3 Å². The summed E-state index contributed by atoms with van der Waals surface area (Å²) < 4.78 is 9.70. The number of rotatable bonds is 7. The summed E-state index contributed by atoms with van der Waals surface area (Å²) in [6, 6.07) is 10.8. The van der Waals surface area contributed by atoms with Gasteiger partial charge in [0.05, 0.1) is 41.5 Å². The Morgan fingerprint density at radius 3 is 2.48 bits per heavy atom. The zero-order valence-corrected chi connectivity index (χ0v) is 18.3. The van der Waals surface area contributed by atoms with Crippen LogP contribution >= 0.6 is 23.4 Å². The largest absolute Gasteiger partial charge is 0.495 e. The minimum Gasteiger partial charge on any atom is -0.495 e. The van der Waals surface area contributed by atoms with Crippen LogP contribution in [0.3, 0.4) is 0 Å². The molecule has 162 valence electrons. The van der Waals surface area contributed by atoms with Crippen molar-refractivity contribution in [1.82, 2.24) is 0 Å². The lowest BCUT2D eigenvalue weighted by molar-refractivity contribution is -0.121. The van der Waals surface area contributed by atoms with E-state index in [1.54, 1.807) is 18.2 Å². The molecule has 1 aliphatic rings. The topological polar surface area (TPSA) is 102 Å². The van der Waals surface area contributed by atoms with Crippen molar-refractivity contribution in [2.45, 2.75) is 11.7 Å². The highest BCUT2D eigenvalue weighted by atomic mass is 35.5. The third kappa shape index (κ3) is 5.18. The van der Waals surface area contributed by atoms with Crippen molar-refractivity contribution in [1.29, 1.82) is 0 Å². The second kappa shape index (κ2) is 9.84. The Morgan fingerprint density at radius 2 is 1.87 bits per heavy atom. The van der Waals surface area contributed by atoms with E-state index in [0.717, 1.165) is 16.7 Å². The Balaban J connectivity index is 1.59. The molecular weight excluding hydrogens is 444 g/mol. The number of carbonyl (C=O) groups is 4. The van der Waals surface area contributed by atoms with Gasteiger partial charge in [-0.1, -0.05) is 11.6 Å². The highest BCUT2D eigenvalue weighted by Gasteiger charge is 2.40. The molecule has 10 heteroatoms. The fourth-order valence-corrected chi connectivity index (χ4v) is 4.18. The third-order valence-electron chi connectivity index (χ3n) is 4.50. The van der Waals surface area contributed by atoms with Crippen LogP contribution in [0.5, 0.6) is 5.75 Å². The maximum Gasteiger partial charge on any atom is 0.337 e. The number of hydrogen-bond donors (Lipinski definition) is 1. The fourth-order valence-electron chi connectivity index (χ4n) is 2.99. The number of imide groups is 1. The number of ether oxygens (including phenoxy) is 2.